The number of carboxylic acid groups (broad SMARTS) is 1. The van der Waals surface area contributed by atoms with Gasteiger partial charge >= 0.3 is 5.97 Å². The summed E-state index contributed by atoms with van der Waals surface area (Å²) in [6.07, 6.45) is 1.86. The van der Waals surface area contributed by atoms with Gasteiger partial charge in [0.15, 0.2) is 0 Å². The number of hydrogen-bond acceptors (Lipinski definition) is 5. The molecule has 0 aliphatic heterocycles. The molecule has 3 N–H and O–H groups in total. The molecule has 5 nitrogen and oxygen atoms in total. The molecular weight excluding hydrogens is 250 g/mol. The van der Waals surface area contributed by atoms with Crippen LogP contribution in [0.4, 0.5) is 0 Å². The van der Waals surface area contributed by atoms with Crippen LogP contribution in [0.5, 0.6) is 0 Å². The molecule has 2 atom stereocenters. The zero-order chi connectivity index (χ0) is 12.6. The number of aliphatic hydroxyl groups is 1. The molecule has 2 unspecified atom stereocenters. The fourth-order valence-corrected chi connectivity index (χ4v) is 2.23. The van der Waals surface area contributed by atoms with Gasteiger partial charge in [-0.2, -0.15) is 11.8 Å². The van der Waals surface area contributed by atoms with Crippen LogP contribution in [0, 0.1) is 0 Å². The smallest absolute Gasteiger partial charge is 0.313 e. The van der Waals surface area contributed by atoms with Crippen molar-refractivity contribution in [1.82, 2.24) is 5.32 Å². The molecule has 0 aromatic heterocycles. The Kier molecular flexibility index (Phi) is 8.50. The number of rotatable bonds is 8. The van der Waals surface area contributed by atoms with Crippen LogP contribution in [-0.2, 0) is 9.59 Å². The van der Waals surface area contributed by atoms with Gasteiger partial charge in [-0.15, -0.1) is 11.8 Å². The molecule has 0 rings (SSSR count). The predicted octanol–water partition coefficient (Wildman–Crippen LogP) is 0.0328. The quantitative estimate of drug-likeness (QED) is 0.575. The molecule has 0 radical (unpaired) electrons. The van der Waals surface area contributed by atoms with E-state index in [1.165, 1.54) is 11.8 Å². The Labute approximate surface area is 103 Å². The minimum Gasteiger partial charge on any atom is -0.481 e. The molecule has 7 heteroatoms. The molecule has 0 saturated carbocycles. The van der Waals surface area contributed by atoms with Crippen molar-refractivity contribution in [2.24, 2.45) is 0 Å². The Morgan fingerprint density at radius 2 is 2.00 bits per heavy atom. The maximum absolute atomic E-state index is 11.4. The highest BCUT2D eigenvalue weighted by atomic mass is 32.2. The summed E-state index contributed by atoms with van der Waals surface area (Å²) in [4.78, 5) is 21.6. The maximum Gasteiger partial charge on any atom is 0.313 e. The Morgan fingerprint density at radius 1 is 1.38 bits per heavy atom. The molecule has 1 amide bonds. The first kappa shape index (κ1) is 15.6. The molecule has 0 bridgehead atoms. The van der Waals surface area contributed by atoms with Gasteiger partial charge in [0.25, 0.3) is 0 Å². The Bertz CT molecular complexity index is 234. The van der Waals surface area contributed by atoms with E-state index in [0.717, 1.165) is 11.8 Å². The van der Waals surface area contributed by atoms with Gasteiger partial charge in [0.05, 0.1) is 18.1 Å². The number of hydrogen-bond donors (Lipinski definition) is 3. The summed E-state index contributed by atoms with van der Waals surface area (Å²) in [7, 11) is 0. The van der Waals surface area contributed by atoms with Gasteiger partial charge in [-0.25, -0.2) is 0 Å². The number of thioether (sulfide) groups is 2. The van der Waals surface area contributed by atoms with Gasteiger partial charge in [-0.1, -0.05) is 0 Å². The van der Waals surface area contributed by atoms with E-state index in [2.05, 4.69) is 5.32 Å². The van der Waals surface area contributed by atoms with Crippen LogP contribution in [0.2, 0.25) is 0 Å². The van der Waals surface area contributed by atoms with E-state index in [1.807, 2.05) is 13.2 Å². The molecule has 0 saturated heterocycles. The van der Waals surface area contributed by atoms with E-state index in [9.17, 15) is 9.59 Å². The monoisotopic (exact) mass is 267 g/mol. The summed E-state index contributed by atoms with van der Waals surface area (Å²) in [5, 5.41) is 20.1. The van der Waals surface area contributed by atoms with Crippen LogP contribution >= 0.6 is 23.5 Å². The third-order valence-corrected chi connectivity index (χ3v) is 3.97. The van der Waals surface area contributed by atoms with E-state index in [-0.39, 0.29) is 35.3 Å². The second-order valence-electron chi connectivity index (χ2n) is 3.20. The first-order valence-electron chi connectivity index (χ1n) is 4.73. The van der Waals surface area contributed by atoms with E-state index < -0.39 is 5.97 Å². The minimum absolute atomic E-state index is 0.00484. The summed E-state index contributed by atoms with van der Waals surface area (Å²) in [5.74, 6) is -1.08. The number of carboxylic acids is 1. The average molecular weight is 267 g/mol. The van der Waals surface area contributed by atoms with E-state index in [0.29, 0.717) is 0 Å². The largest absolute Gasteiger partial charge is 0.481 e. The fourth-order valence-electron chi connectivity index (χ4n) is 1.06. The SMILES string of the molecule is CSC(CO)C(C)NC(=O)CSCC(=O)O. The molecule has 94 valence electrons. The number of amides is 1. The van der Waals surface area contributed by atoms with E-state index in [4.69, 9.17) is 10.2 Å². The summed E-state index contributed by atoms with van der Waals surface area (Å²) >= 11 is 2.54. The third-order valence-electron chi connectivity index (χ3n) is 1.89. The van der Waals surface area contributed by atoms with Crippen LogP contribution in [0.15, 0.2) is 0 Å². The highest BCUT2D eigenvalue weighted by Gasteiger charge is 2.17. The van der Waals surface area contributed by atoms with Crippen molar-refractivity contribution in [2.45, 2.75) is 18.2 Å². The highest BCUT2D eigenvalue weighted by molar-refractivity contribution is 8.00. The van der Waals surface area contributed by atoms with Crippen molar-refractivity contribution in [3.63, 3.8) is 0 Å². The van der Waals surface area contributed by atoms with Crippen LogP contribution in [-0.4, -0.2) is 57.7 Å². The lowest BCUT2D eigenvalue weighted by Gasteiger charge is -2.21. The van der Waals surface area contributed by atoms with Crippen LogP contribution in [0.1, 0.15) is 6.92 Å². The van der Waals surface area contributed by atoms with Crippen LogP contribution < -0.4 is 5.32 Å². The Morgan fingerprint density at radius 3 is 2.44 bits per heavy atom. The molecular formula is C9H17NO4S2. The van der Waals surface area contributed by atoms with Crippen LogP contribution in [0.25, 0.3) is 0 Å². The maximum atomic E-state index is 11.4. The van der Waals surface area contributed by atoms with Crippen molar-refractivity contribution >= 4 is 35.4 Å². The lowest BCUT2D eigenvalue weighted by molar-refractivity contribution is -0.133. The summed E-state index contributed by atoms with van der Waals surface area (Å²) in [6.45, 7) is 1.82. The highest BCUT2D eigenvalue weighted by Crippen LogP contribution is 2.10. The zero-order valence-electron chi connectivity index (χ0n) is 9.30. The topological polar surface area (TPSA) is 86.6 Å². The normalized spacial score (nSPS) is 14.2. The lowest BCUT2D eigenvalue weighted by Crippen LogP contribution is -2.42. The molecule has 0 aromatic carbocycles. The average Bonchev–Trinajstić information content (AvgIpc) is 2.18. The Balaban J connectivity index is 3.81. The number of aliphatic carboxylic acids is 1. The van der Waals surface area contributed by atoms with Gasteiger partial charge in [0.1, 0.15) is 0 Å². The van der Waals surface area contributed by atoms with Gasteiger partial charge in [0, 0.05) is 11.3 Å². The van der Waals surface area contributed by atoms with Crippen molar-refractivity contribution in [1.29, 1.82) is 0 Å². The van der Waals surface area contributed by atoms with Gasteiger partial charge in [0.2, 0.25) is 5.91 Å². The second-order valence-corrected chi connectivity index (χ2v) is 5.26. The first-order valence-corrected chi connectivity index (χ1v) is 7.18. The van der Waals surface area contributed by atoms with Crippen molar-refractivity contribution in [2.75, 3.05) is 24.4 Å². The van der Waals surface area contributed by atoms with E-state index in [1.54, 1.807) is 0 Å². The molecule has 0 heterocycles. The molecule has 0 aliphatic carbocycles. The third kappa shape index (κ3) is 6.97. The molecule has 0 aliphatic rings. The van der Waals surface area contributed by atoms with E-state index >= 15 is 0 Å². The van der Waals surface area contributed by atoms with Gasteiger partial charge in [-0.3, -0.25) is 9.59 Å². The number of carbonyl (C=O) groups is 2. The Hall–Kier alpha value is -0.400. The first-order chi connectivity index (χ1) is 7.51. The number of nitrogens with one attached hydrogen (secondary N) is 1. The molecule has 16 heavy (non-hydrogen) atoms. The number of aliphatic hydroxyl groups excluding tert-OH is 1. The zero-order valence-corrected chi connectivity index (χ0v) is 10.9. The summed E-state index contributed by atoms with van der Waals surface area (Å²) in [6, 6.07) is -0.127. The molecule has 0 spiro atoms. The number of carbonyl (C=O) groups excluding carboxylic acids is 1. The fraction of sp³-hybridized carbons (Fsp3) is 0.778. The van der Waals surface area contributed by atoms with Gasteiger partial charge < -0.3 is 15.5 Å². The molecule has 0 fully saturated rings. The van der Waals surface area contributed by atoms with Crippen molar-refractivity contribution < 1.29 is 19.8 Å². The molecule has 0 aromatic rings. The van der Waals surface area contributed by atoms with Crippen molar-refractivity contribution in [3.8, 4) is 0 Å². The predicted molar refractivity (Wildman–Crippen MR) is 67.0 cm³/mol. The standard InChI is InChI=1S/C9H17NO4S2/c1-6(7(3-11)15-2)10-8(12)4-16-5-9(13)14/h6-7,11H,3-5H2,1-2H3,(H,10,12)(H,13,14). The summed E-state index contributed by atoms with van der Waals surface area (Å²) < 4.78 is 0. The minimum atomic E-state index is -0.928. The lowest BCUT2D eigenvalue weighted by atomic mass is 10.2. The van der Waals surface area contributed by atoms with Crippen molar-refractivity contribution in [3.05, 3.63) is 0 Å². The van der Waals surface area contributed by atoms with Crippen LogP contribution in [0.3, 0.4) is 0 Å². The second kappa shape index (κ2) is 8.72. The van der Waals surface area contributed by atoms with Gasteiger partial charge in [-0.05, 0) is 13.2 Å². The summed E-state index contributed by atoms with van der Waals surface area (Å²) in [5.41, 5.74) is 0.